The van der Waals surface area contributed by atoms with Gasteiger partial charge in [0.05, 0.1) is 31.9 Å². The van der Waals surface area contributed by atoms with Gasteiger partial charge in [0.1, 0.15) is 5.75 Å². The number of hydrogen-bond acceptors (Lipinski definition) is 6. The van der Waals surface area contributed by atoms with Gasteiger partial charge in [-0.25, -0.2) is 0 Å². The van der Waals surface area contributed by atoms with Crippen molar-refractivity contribution in [3.05, 3.63) is 60.2 Å². The molecule has 0 aromatic heterocycles. The summed E-state index contributed by atoms with van der Waals surface area (Å²) in [5.74, 6) is 0.930. The van der Waals surface area contributed by atoms with Crippen molar-refractivity contribution in [2.45, 2.75) is 12.3 Å². The normalized spacial score (nSPS) is 18.4. The Morgan fingerprint density at radius 1 is 0.912 bits per heavy atom. The fraction of sp³-hybridized carbons (Fsp3) is 0.519. The van der Waals surface area contributed by atoms with Gasteiger partial charge in [-0.2, -0.15) is 0 Å². The molecular weight excluding hydrogens is 428 g/mol. The zero-order valence-electron chi connectivity index (χ0n) is 20.3. The number of benzene rings is 2. The van der Waals surface area contributed by atoms with Gasteiger partial charge in [0.15, 0.2) is 0 Å². The summed E-state index contributed by atoms with van der Waals surface area (Å²) >= 11 is 0. The van der Waals surface area contributed by atoms with Crippen molar-refractivity contribution in [1.29, 1.82) is 0 Å². The van der Waals surface area contributed by atoms with Gasteiger partial charge in [-0.3, -0.25) is 14.6 Å². The van der Waals surface area contributed by atoms with E-state index in [0.717, 1.165) is 89.0 Å². The van der Waals surface area contributed by atoms with E-state index in [9.17, 15) is 4.79 Å². The van der Waals surface area contributed by atoms with Crippen LogP contribution in [0.5, 0.6) is 5.75 Å². The predicted octanol–water partition coefficient (Wildman–Crippen LogP) is 2.44. The Morgan fingerprint density at radius 2 is 1.59 bits per heavy atom. The summed E-state index contributed by atoms with van der Waals surface area (Å²) in [6.45, 7) is 9.81. The van der Waals surface area contributed by atoms with Gasteiger partial charge in [-0.05, 0) is 30.7 Å². The summed E-state index contributed by atoms with van der Waals surface area (Å²) in [6.07, 6.45) is 0.821. The first-order valence-corrected chi connectivity index (χ1v) is 12.5. The van der Waals surface area contributed by atoms with Crippen LogP contribution in [0.3, 0.4) is 0 Å². The Balaban J connectivity index is 1.28. The molecule has 1 unspecified atom stereocenters. The minimum Gasteiger partial charge on any atom is -0.495 e. The van der Waals surface area contributed by atoms with Gasteiger partial charge in [-0.1, -0.05) is 42.5 Å². The van der Waals surface area contributed by atoms with Crippen molar-refractivity contribution >= 4 is 11.6 Å². The fourth-order valence-electron chi connectivity index (χ4n) is 4.83. The number of rotatable bonds is 10. The summed E-state index contributed by atoms with van der Waals surface area (Å²) in [6, 6.07) is 18.4. The topological polar surface area (TPSA) is 57.3 Å². The van der Waals surface area contributed by atoms with Crippen LogP contribution in [0.25, 0.3) is 0 Å². The zero-order chi connectivity index (χ0) is 23.6. The maximum atomic E-state index is 13.2. The van der Waals surface area contributed by atoms with Crippen LogP contribution in [-0.2, 0) is 9.53 Å². The number of para-hydroxylation sites is 2. The first-order chi connectivity index (χ1) is 16.7. The third-order valence-electron chi connectivity index (χ3n) is 6.88. The molecule has 0 aliphatic carbocycles. The molecule has 34 heavy (non-hydrogen) atoms. The lowest BCUT2D eigenvalue weighted by Gasteiger charge is -2.37. The third-order valence-corrected chi connectivity index (χ3v) is 6.88. The van der Waals surface area contributed by atoms with E-state index >= 15 is 0 Å². The highest BCUT2D eigenvalue weighted by Crippen LogP contribution is 2.28. The fourth-order valence-corrected chi connectivity index (χ4v) is 4.83. The SMILES string of the molecule is COc1ccccc1N1CCN(CCC(C(=O)NCCN2CCOCC2)c2ccccc2)CC1. The van der Waals surface area contributed by atoms with Crippen molar-refractivity contribution in [3.63, 3.8) is 0 Å². The smallest absolute Gasteiger partial charge is 0.227 e. The number of amides is 1. The van der Waals surface area contributed by atoms with E-state index < -0.39 is 0 Å². The predicted molar refractivity (Wildman–Crippen MR) is 136 cm³/mol. The van der Waals surface area contributed by atoms with Crippen molar-refractivity contribution in [1.82, 2.24) is 15.1 Å². The number of methoxy groups -OCH3 is 1. The van der Waals surface area contributed by atoms with E-state index in [4.69, 9.17) is 9.47 Å². The van der Waals surface area contributed by atoms with Crippen molar-refractivity contribution < 1.29 is 14.3 Å². The molecule has 1 amide bonds. The lowest BCUT2D eigenvalue weighted by atomic mass is 9.94. The van der Waals surface area contributed by atoms with E-state index in [1.54, 1.807) is 7.11 Å². The molecule has 2 heterocycles. The molecule has 7 heteroatoms. The lowest BCUT2D eigenvalue weighted by Crippen LogP contribution is -2.47. The first kappa shape index (κ1) is 24.5. The Labute approximate surface area is 203 Å². The van der Waals surface area contributed by atoms with Crippen LogP contribution in [0.15, 0.2) is 54.6 Å². The van der Waals surface area contributed by atoms with Crippen LogP contribution < -0.4 is 15.0 Å². The van der Waals surface area contributed by atoms with Gasteiger partial charge < -0.3 is 19.7 Å². The molecule has 2 aliphatic heterocycles. The summed E-state index contributed by atoms with van der Waals surface area (Å²) in [5, 5.41) is 3.20. The molecule has 0 bridgehead atoms. The number of hydrogen-bond donors (Lipinski definition) is 1. The van der Waals surface area contributed by atoms with E-state index in [0.29, 0.717) is 6.54 Å². The number of carbonyl (C=O) groups excluding carboxylic acids is 1. The molecule has 0 spiro atoms. The van der Waals surface area contributed by atoms with Crippen molar-refractivity contribution in [3.8, 4) is 5.75 Å². The first-order valence-electron chi connectivity index (χ1n) is 12.5. The largest absolute Gasteiger partial charge is 0.495 e. The number of carbonyl (C=O) groups is 1. The Bertz CT molecular complexity index is 880. The molecule has 4 rings (SSSR count). The molecule has 2 aromatic rings. The van der Waals surface area contributed by atoms with E-state index in [2.05, 4.69) is 44.3 Å². The summed E-state index contributed by atoms with van der Waals surface area (Å²) in [5.41, 5.74) is 2.26. The highest BCUT2D eigenvalue weighted by Gasteiger charge is 2.24. The second-order valence-corrected chi connectivity index (χ2v) is 9.00. The molecule has 2 saturated heterocycles. The van der Waals surface area contributed by atoms with Gasteiger partial charge in [0.2, 0.25) is 5.91 Å². The van der Waals surface area contributed by atoms with Gasteiger partial charge in [0.25, 0.3) is 0 Å². The van der Waals surface area contributed by atoms with E-state index in [1.807, 2.05) is 30.3 Å². The minimum atomic E-state index is -0.127. The second-order valence-electron chi connectivity index (χ2n) is 9.00. The maximum absolute atomic E-state index is 13.2. The molecule has 1 atom stereocenters. The highest BCUT2D eigenvalue weighted by atomic mass is 16.5. The van der Waals surface area contributed by atoms with E-state index in [-0.39, 0.29) is 11.8 Å². The van der Waals surface area contributed by atoms with Crippen LogP contribution in [0, 0.1) is 0 Å². The molecular formula is C27H38N4O3. The standard InChI is InChI=1S/C27H38N4O3/c1-33-26-10-6-5-9-25(26)31-17-15-29(16-18-31)13-11-24(23-7-3-2-4-8-23)27(32)28-12-14-30-19-21-34-22-20-30/h2-10,24H,11-22H2,1H3,(H,28,32). The molecule has 7 nitrogen and oxygen atoms in total. The Hall–Kier alpha value is -2.61. The van der Waals surface area contributed by atoms with Crippen LogP contribution in [0.4, 0.5) is 5.69 Å². The van der Waals surface area contributed by atoms with Crippen molar-refractivity contribution in [2.75, 3.05) is 84.1 Å². The zero-order valence-corrected chi connectivity index (χ0v) is 20.3. The second kappa shape index (κ2) is 12.7. The number of nitrogens with one attached hydrogen (secondary N) is 1. The monoisotopic (exact) mass is 466 g/mol. The molecule has 2 fully saturated rings. The average molecular weight is 467 g/mol. The molecule has 184 valence electrons. The van der Waals surface area contributed by atoms with E-state index in [1.165, 1.54) is 0 Å². The molecule has 0 saturated carbocycles. The number of morpholine rings is 1. The molecule has 2 aliphatic rings. The summed E-state index contributed by atoms with van der Waals surface area (Å²) in [4.78, 5) is 20.4. The maximum Gasteiger partial charge on any atom is 0.227 e. The Morgan fingerprint density at radius 3 is 2.32 bits per heavy atom. The van der Waals surface area contributed by atoms with Gasteiger partial charge >= 0.3 is 0 Å². The van der Waals surface area contributed by atoms with Crippen LogP contribution >= 0.6 is 0 Å². The van der Waals surface area contributed by atoms with Crippen molar-refractivity contribution in [2.24, 2.45) is 0 Å². The number of ether oxygens (including phenoxy) is 2. The number of anilines is 1. The molecule has 1 N–H and O–H groups in total. The van der Waals surface area contributed by atoms with Crippen LogP contribution in [0.2, 0.25) is 0 Å². The summed E-state index contributed by atoms with van der Waals surface area (Å²) in [7, 11) is 1.73. The number of piperazine rings is 1. The van der Waals surface area contributed by atoms with Gasteiger partial charge in [0, 0.05) is 52.4 Å². The average Bonchev–Trinajstić information content (AvgIpc) is 2.90. The third kappa shape index (κ3) is 6.72. The quantitative estimate of drug-likeness (QED) is 0.581. The van der Waals surface area contributed by atoms with Gasteiger partial charge in [-0.15, -0.1) is 0 Å². The molecule has 2 aromatic carbocycles. The Kier molecular flexibility index (Phi) is 9.19. The summed E-state index contributed by atoms with van der Waals surface area (Å²) < 4.78 is 11.0. The number of nitrogens with zero attached hydrogens (tertiary/aromatic N) is 3. The highest BCUT2D eigenvalue weighted by molar-refractivity contribution is 5.83. The van der Waals surface area contributed by atoms with Crippen LogP contribution in [-0.4, -0.2) is 94.9 Å². The lowest BCUT2D eigenvalue weighted by molar-refractivity contribution is -0.122. The van der Waals surface area contributed by atoms with Crippen LogP contribution in [0.1, 0.15) is 17.9 Å². The molecule has 0 radical (unpaired) electrons. The minimum absolute atomic E-state index is 0.127.